The van der Waals surface area contributed by atoms with E-state index in [1.54, 1.807) is 12.1 Å². The summed E-state index contributed by atoms with van der Waals surface area (Å²) < 4.78 is 0. The molecule has 27 heavy (non-hydrogen) atoms. The number of benzene rings is 2. The van der Waals surface area contributed by atoms with Crippen LogP contribution < -0.4 is 16.4 Å². The second-order valence-electron chi connectivity index (χ2n) is 6.33. The van der Waals surface area contributed by atoms with Gasteiger partial charge in [-0.3, -0.25) is 4.79 Å². The molecule has 4 N–H and O–H groups in total. The lowest BCUT2D eigenvalue weighted by Gasteiger charge is -2.18. The van der Waals surface area contributed by atoms with E-state index in [0.29, 0.717) is 18.2 Å². The summed E-state index contributed by atoms with van der Waals surface area (Å²) in [4.78, 5) is 15.9. The largest absolute Gasteiger partial charge is 0.366 e. The zero-order valence-electron chi connectivity index (χ0n) is 15.9. The van der Waals surface area contributed by atoms with E-state index in [0.717, 1.165) is 30.9 Å². The molecule has 0 aliphatic rings. The van der Waals surface area contributed by atoms with E-state index in [9.17, 15) is 4.79 Å². The first-order chi connectivity index (χ1) is 12.6. The minimum Gasteiger partial charge on any atom is -0.366 e. The topological polar surface area (TPSA) is 79.5 Å². The molecule has 0 aliphatic carbocycles. The normalized spacial score (nSPS) is 12.0. The standard InChI is InChI=1S/C21H28N4O.HI/c1-3-23-21(24-15-18-10-7-11-19(14-18)20(22)26)25-16(2)12-13-17-8-5-4-6-9-17;/h4-11,14,16H,3,12-13,15H2,1-2H3,(H2,22,26)(H2,23,24,25);1H. The molecule has 2 aromatic rings. The molecule has 146 valence electrons. The van der Waals surface area contributed by atoms with Crippen LogP contribution in [-0.2, 0) is 13.0 Å². The fraction of sp³-hybridized carbons (Fsp3) is 0.333. The van der Waals surface area contributed by atoms with E-state index in [1.165, 1.54) is 5.56 Å². The number of carbonyl (C=O) groups excluding carboxylic acids is 1. The van der Waals surface area contributed by atoms with Gasteiger partial charge in [0, 0.05) is 18.2 Å². The third kappa shape index (κ3) is 8.43. The zero-order chi connectivity index (χ0) is 18.8. The van der Waals surface area contributed by atoms with Gasteiger partial charge in [0.25, 0.3) is 0 Å². The van der Waals surface area contributed by atoms with Crippen molar-refractivity contribution in [1.82, 2.24) is 10.6 Å². The Kier molecular flexibility index (Phi) is 10.5. The van der Waals surface area contributed by atoms with Crippen LogP contribution in [0.5, 0.6) is 0 Å². The molecule has 0 heterocycles. The quantitative estimate of drug-likeness (QED) is 0.308. The molecule has 1 atom stereocenters. The van der Waals surface area contributed by atoms with Gasteiger partial charge in [-0.2, -0.15) is 0 Å². The van der Waals surface area contributed by atoms with Crippen molar-refractivity contribution >= 4 is 35.8 Å². The molecule has 5 nitrogen and oxygen atoms in total. The number of nitrogens with two attached hydrogens (primary N) is 1. The number of hydrogen-bond donors (Lipinski definition) is 3. The molecule has 0 bridgehead atoms. The van der Waals surface area contributed by atoms with Gasteiger partial charge in [0.05, 0.1) is 6.54 Å². The van der Waals surface area contributed by atoms with Crippen molar-refractivity contribution in [2.45, 2.75) is 39.3 Å². The first-order valence-electron chi connectivity index (χ1n) is 9.06. The fourth-order valence-corrected chi connectivity index (χ4v) is 2.65. The molecule has 0 aliphatic heterocycles. The number of halogens is 1. The molecule has 0 saturated heterocycles. The highest BCUT2D eigenvalue weighted by molar-refractivity contribution is 14.0. The van der Waals surface area contributed by atoms with Crippen LogP contribution in [-0.4, -0.2) is 24.5 Å². The summed E-state index contributed by atoms with van der Waals surface area (Å²) in [6.45, 7) is 5.48. The minimum atomic E-state index is -0.421. The van der Waals surface area contributed by atoms with Gasteiger partial charge in [-0.25, -0.2) is 4.99 Å². The number of hydrogen-bond acceptors (Lipinski definition) is 2. The lowest BCUT2D eigenvalue weighted by molar-refractivity contribution is 0.1000. The molecule has 0 spiro atoms. The highest BCUT2D eigenvalue weighted by Crippen LogP contribution is 2.07. The summed E-state index contributed by atoms with van der Waals surface area (Å²) in [5.41, 5.74) is 8.13. The highest BCUT2D eigenvalue weighted by Gasteiger charge is 2.06. The van der Waals surface area contributed by atoms with E-state index in [4.69, 9.17) is 5.73 Å². The predicted octanol–water partition coefficient (Wildman–Crippen LogP) is 3.48. The van der Waals surface area contributed by atoms with Crippen molar-refractivity contribution in [2.75, 3.05) is 6.54 Å². The summed E-state index contributed by atoms with van der Waals surface area (Å²) in [5, 5.41) is 6.71. The van der Waals surface area contributed by atoms with Crippen LogP contribution >= 0.6 is 24.0 Å². The molecule has 1 unspecified atom stereocenters. The van der Waals surface area contributed by atoms with Crippen molar-refractivity contribution in [3.63, 3.8) is 0 Å². The summed E-state index contributed by atoms with van der Waals surface area (Å²) in [5.74, 6) is 0.355. The van der Waals surface area contributed by atoms with Gasteiger partial charge in [-0.15, -0.1) is 24.0 Å². The van der Waals surface area contributed by atoms with E-state index < -0.39 is 5.91 Å². The second kappa shape index (κ2) is 12.3. The molecule has 0 aromatic heterocycles. The first-order valence-corrected chi connectivity index (χ1v) is 9.06. The van der Waals surface area contributed by atoms with Gasteiger partial charge in [0.1, 0.15) is 0 Å². The van der Waals surface area contributed by atoms with Gasteiger partial charge >= 0.3 is 0 Å². The number of aryl methyl sites for hydroxylation is 1. The van der Waals surface area contributed by atoms with E-state index >= 15 is 0 Å². The highest BCUT2D eigenvalue weighted by atomic mass is 127. The molecule has 0 fully saturated rings. The Morgan fingerprint density at radius 2 is 1.81 bits per heavy atom. The maximum atomic E-state index is 11.3. The molecule has 0 radical (unpaired) electrons. The lowest BCUT2D eigenvalue weighted by Crippen LogP contribution is -2.42. The van der Waals surface area contributed by atoms with Crippen molar-refractivity contribution in [2.24, 2.45) is 10.7 Å². The Morgan fingerprint density at radius 3 is 2.48 bits per heavy atom. The monoisotopic (exact) mass is 480 g/mol. The van der Waals surface area contributed by atoms with Crippen LogP contribution in [0.15, 0.2) is 59.6 Å². The number of nitrogens with zero attached hydrogens (tertiary/aromatic N) is 1. The molecular weight excluding hydrogens is 451 g/mol. The number of nitrogens with one attached hydrogen (secondary N) is 2. The summed E-state index contributed by atoms with van der Waals surface area (Å²) in [6, 6.07) is 18.0. The summed E-state index contributed by atoms with van der Waals surface area (Å²) >= 11 is 0. The Labute approximate surface area is 178 Å². The van der Waals surface area contributed by atoms with Gasteiger partial charge in [0.15, 0.2) is 5.96 Å². The van der Waals surface area contributed by atoms with Crippen molar-refractivity contribution < 1.29 is 4.79 Å². The van der Waals surface area contributed by atoms with E-state index in [-0.39, 0.29) is 24.0 Å². The smallest absolute Gasteiger partial charge is 0.248 e. The zero-order valence-corrected chi connectivity index (χ0v) is 18.3. The predicted molar refractivity (Wildman–Crippen MR) is 123 cm³/mol. The number of aliphatic imine (C=N–C) groups is 1. The average Bonchev–Trinajstić information content (AvgIpc) is 2.66. The van der Waals surface area contributed by atoms with Gasteiger partial charge in [-0.1, -0.05) is 42.5 Å². The summed E-state index contributed by atoms with van der Waals surface area (Å²) in [6.07, 6.45) is 2.04. The Balaban J connectivity index is 0.00000364. The van der Waals surface area contributed by atoms with Crippen molar-refractivity contribution in [3.8, 4) is 0 Å². The minimum absolute atomic E-state index is 0. The number of rotatable bonds is 8. The Morgan fingerprint density at radius 1 is 1.11 bits per heavy atom. The number of primary amides is 1. The number of carbonyl (C=O) groups is 1. The van der Waals surface area contributed by atoms with Gasteiger partial charge in [-0.05, 0) is 49.9 Å². The molecule has 0 saturated carbocycles. The van der Waals surface area contributed by atoms with E-state index in [2.05, 4.69) is 46.8 Å². The SMILES string of the molecule is CCNC(=NCc1cccc(C(N)=O)c1)NC(C)CCc1ccccc1.I. The van der Waals surface area contributed by atoms with Crippen molar-refractivity contribution in [1.29, 1.82) is 0 Å². The molecule has 2 rings (SSSR count). The first kappa shape index (κ1) is 23.0. The average molecular weight is 480 g/mol. The Hall–Kier alpha value is -2.09. The Bertz CT molecular complexity index is 734. The van der Waals surface area contributed by atoms with Crippen LogP contribution in [0, 0.1) is 0 Å². The fourth-order valence-electron chi connectivity index (χ4n) is 2.65. The van der Waals surface area contributed by atoms with Crippen LogP contribution in [0.25, 0.3) is 0 Å². The number of guanidine groups is 1. The van der Waals surface area contributed by atoms with Crippen LogP contribution in [0.2, 0.25) is 0 Å². The molecule has 6 heteroatoms. The second-order valence-corrected chi connectivity index (χ2v) is 6.33. The van der Waals surface area contributed by atoms with Gasteiger partial charge < -0.3 is 16.4 Å². The lowest BCUT2D eigenvalue weighted by atomic mass is 10.1. The van der Waals surface area contributed by atoms with E-state index in [1.807, 2.05) is 25.1 Å². The van der Waals surface area contributed by atoms with Crippen LogP contribution in [0.1, 0.15) is 41.8 Å². The molecule has 2 aromatic carbocycles. The third-order valence-corrected chi connectivity index (χ3v) is 4.07. The molecular formula is C21H29IN4O. The third-order valence-electron chi connectivity index (χ3n) is 4.07. The number of amides is 1. The van der Waals surface area contributed by atoms with Crippen LogP contribution in [0.4, 0.5) is 0 Å². The maximum Gasteiger partial charge on any atom is 0.248 e. The van der Waals surface area contributed by atoms with Crippen molar-refractivity contribution in [3.05, 3.63) is 71.3 Å². The van der Waals surface area contributed by atoms with Crippen LogP contribution in [0.3, 0.4) is 0 Å². The molecule has 1 amide bonds. The van der Waals surface area contributed by atoms with Gasteiger partial charge in [0.2, 0.25) is 5.91 Å². The summed E-state index contributed by atoms with van der Waals surface area (Å²) in [7, 11) is 0. The maximum absolute atomic E-state index is 11.3.